The number of hydrogen-bond acceptors (Lipinski definition) is 2. The Morgan fingerprint density at radius 3 is 2.21 bits per heavy atom. The summed E-state index contributed by atoms with van der Waals surface area (Å²) in [6, 6.07) is 0. The first-order valence-corrected chi connectivity index (χ1v) is 6.82. The number of nitrogens with one attached hydrogen (secondary N) is 1. The lowest BCUT2D eigenvalue weighted by Crippen LogP contribution is -2.40. The lowest BCUT2D eigenvalue weighted by atomic mass is 9.83. The highest BCUT2D eigenvalue weighted by Gasteiger charge is 2.29. The summed E-state index contributed by atoms with van der Waals surface area (Å²) in [7, 11) is -2.44. The van der Waals surface area contributed by atoms with Crippen molar-refractivity contribution in [3.8, 4) is 0 Å². The molecule has 3 nitrogen and oxygen atoms in total. The first-order valence-electron chi connectivity index (χ1n) is 4.69. The van der Waals surface area contributed by atoms with E-state index >= 15 is 0 Å². The second-order valence-corrected chi connectivity index (χ2v) is 7.13. The van der Waals surface area contributed by atoms with Gasteiger partial charge in [0.25, 0.3) is 0 Å². The van der Waals surface area contributed by atoms with Crippen molar-refractivity contribution in [2.75, 3.05) is 6.26 Å². The highest BCUT2D eigenvalue weighted by molar-refractivity contribution is 7.98. The Hall–Kier alpha value is -0.510. The zero-order chi connectivity index (χ0) is 11.6. The molecule has 1 N–H and O–H groups in total. The molecule has 0 saturated heterocycles. The summed E-state index contributed by atoms with van der Waals surface area (Å²) in [6.45, 7) is 7.83. The summed E-state index contributed by atoms with van der Waals surface area (Å²) >= 11 is 0. The Morgan fingerprint density at radius 1 is 1.50 bits per heavy atom. The Balaban J connectivity index is 4.52. The Kier molecular flexibility index (Phi) is 4.18. The van der Waals surface area contributed by atoms with Gasteiger partial charge >= 0.3 is 0 Å². The molecular formula is C10H21NO2S. The maximum absolute atomic E-state index is 11.7. The van der Waals surface area contributed by atoms with Crippen LogP contribution in [0.4, 0.5) is 0 Å². The number of rotatable bonds is 4. The normalized spacial score (nSPS) is 16.4. The van der Waals surface area contributed by atoms with Crippen LogP contribution in [0.1, 0.15) is 34.1 Å². The SMILES string of the molecule is C=S(C)(=O)NC(=O)C(C)(C)CC(C)C. The average molecular weight is 219 g/mol. The average Bonchev–Trinajstić information content (AvgIpc) is 1.79. The van der Waals surface area contributed by atoms with Crippen molar-refractivity contribution in [1.29, 1.82) is 0 Å². The maximum Gasteiger partial charge on any atom is 0.236 e. The molecule has 14 heavy (non-hydrogen) atoms. The molecule has 0 fully saturated rings. The van der Waals surface area contributed by atoms with Gasteiger partial charge in [-0.15, -0.1) is 0 Å². The fourth-order valence-electron chi connectivity index (χ4n) is 1.45. The molecule has 0 aromatic heterocycles. The summed E-state index contributed by atoms with van der Waals surface area (Å²) in [5.74, 6) is 3.65. The van der Waals surface area contributed by atoms with Gasteiger partial charge in [-0.2, -0.15) is 0 Å². The zero-order valence-electron chi connectivity index (χ0n) is 9.72. The van der Waals surface area contributed by atoms with Crippen LogP contribution in [-0.4, -0.2) is 22.2 Å². The molecule has 0 aromatic rings. The third-order valence-corrected chi connectivity index (χ3v) is 2.46. The van der Waals surface area contributed by atoms with Crippen LogP contribution in [-0.2, 0) is 14.5 Å². The minimum absolute atomic E-state index is 0.186. The molecular weight excluding hydrogens is 198 g/mol. The maximum atomic E-state index is 11.7. The van der Waals surface area contributed by atoms with Crippen LogP contribution in [0, 0.1) is 11.3 Å². The standard InChI is InChI=1S/C10H21NO2S/c1-8(2)7-10(3,4)9(12)11-14(5,6)13/h8H,5,7H2,1-4,6H3,(H,11,12,13). The fourth-order valence-corrected chi connectivity index (χ4v) is 2.12. The van der Waals surface area contributed by atoms with Crippen LogP contribution in [0.5, 0.6) is 0 Å². The van der Waals surface area contributed by atoms with Gasteiger partial charge in [-0.1, -0.05) is 27.7 Å². The summed E-state index contributed by atoms with van der Waals surface area (Å²) in [4.78, 5) is 11.7. The van der Waals surface area contributed by atoms with E-state index in [0.717, 1.165) is 6.42 Å². The molecule has 0 heterocycles. The molecule has 0 rings (SSSR count). The Bertz CT molecular complexity index is 302. The molecule has 1 atom stereocenters. The molecule has 0 spiro atoms. The first kappa shape index (κ1) is 13.5. The first-order chi connectivity index (χ1) is 6.04. The van der Waals surface area contributed by atoms with Gasteiger partial charge in [0.15, 0.2) is 0 Å². The molecule has 1 amide bonds. The van der Waals surface area contributed by atoms with Crippen molar-refractivity contribution >= 4 is 21.5 Å². The second-order valence-electron chi connectivity index (χ2n) is 4.92. The molecule has 0 aliphatic carbocycles. The minimum Gasteiger partial charge on any atom is -0.283 e. The number of carbonyl (C=O) groups excluding carboxylic acids is 1. The molecule has 4 heteroatoms. The molecule has 0 radical (unpaired) electrons. The summed E-state index contributed by atoms with van der Waals surface area (Å²) < 4.78 is 13.7. The summed E-state index contributed by atoms with van der Waals surface area (Å²) in [5.41, 5.74) is -0.482. The van der Waals surface area contributed by atoms with Gasteiger partial charge in [-0.3, -0.25) is 9.52 Å². The van der Waals surface area contributed by atoms with E-state index < -0.39 is 15.1 Å². The van der Waals surface area contributed by atoms with Gasteiger partial charge in [0.05, 0.1) is 0 Å². The molecule has 84 valence electrons. The predicted molar refractivity (Wildman–Crippen MR) is 62.6 cm³/mol. The zero-order valence-corrected chi connectivity index (χ0v) is 10.5. The lowest BCUT2D eigenvalue weighted by Gasteiger charge is -2.25. The molecule has 0 bridgehead atoms. The molecule has 0 aromatic carbocycles. The van der Waals surface area contributed by atoms with Gasteiger partial charge in [-0.05, 0) is 18.2 Å². The van der Waals surface area contributed by atoms with E-state index in [1.807, 2.05) is 13.8 Å². The predicted octanol–water partition coefficient (Wildman–Crippen LogP) is 1.44. The Labute approximate surface area is 87.4 Å². The van der Waals surface area contributed by atoms with Crippen molar-refractivity contribution < 1.29 is 9.00 Å². The van der Waals surface area contributed by atoms with Gasteiger partial charge < -0.3 is 0 Å². The van der Waals surface area contributed by atoms with E-state index in [2.05, 4.69) is 24.4 Å². The topological polar surface area (TPSA) is 46.2 Å². The smallest absolute Gasteiger partial charge is 0.236 e. The van der Waals surface area contributed by atoms with Gasteiger partial charge in [-0.25, -0.2) is 4.21 Å². The summed E-state index contributed by atoms with van der Waals surface area (Å²) in [6.07, 6.45) is 2.20. The monoisotopic (exact) mass is 219 g/mol. The lowest BCUT2D eigenvalue weighted by molar-refractivity contribution is -0.128. The van der Waals surface area contributed by atoms with E-state index in [4.69, 9.17) is 0 Å². The van der Waals surface area contributed by atoms with Crippen molar-refractivity contribution in [2.45, 2.75) is 34.1 Å². The van der Waals surface area contributed by atoms with Crippen molar-refractivity contribution in [1.82, 2.24) is 4.72 Å². The minimum atomic E-state index is -2.44. The van der Waals surface area contributed by atoms with Crippen molar-refractivity contribution in [3.63, 3.8) is 0 Å². The van der Waals surface area contributed by atoms with Crippen LogP contribution in [0.2, 0.25) is 0 Å². The van der Waals surface area contributed by atoms with Crippen LogP contribution in [0.15, 0.2) is 0 Å². The van der Waals surface area contributed by atoms with Gasteiger partial charge in [0.1, 0.15) is 0 Å². The van der Waals surface area contributed by atoms with E-state index in [-0.39, 0.29) is 5.91 Å². The van der Waals surface area contributed by atoms with E-state index in [0.29, 0.717) is 5.92 Å². The van der Waals surface area contributed by atoms with Crippen LogP contribution in [0.25, 0.3) is 0 Å². The third-order valence-electron chi connectivity index (χ3n) is 1.84. The number of amides is 1. The van der Waals surface area contributed by atoms with E-state index in [1.54, 1.807) is 0 Å². The van der Waals surface area contributed by atoms with Crippen molar-refractivity contribution in [2.24, 2.45) is 11.3 Å². The summed E-state index contributed by atoms with van der Waals surface area (Å²) in [5, 5.41) is 0. The molecule has 1 unspecified atom stereocenters. The number of carbonyl (C=O) groups is 1. The third kappa shape index (κ3) is 5.27. The van der Waals surface area contributed by atoms with Gasteiger partial charge in [0, 0.05) is 21.4 Å². The van der Waals surface area contributed by atoms with Crippen LogP contribution in [0.3, 0.4) is 0 Å². The van der Waals surface area contributed by atoms with Crippen molar-refractivity contribution in [3.05, 3.63) is 0 Å². The van der Waals surface area contributed by atoms with E-state index in [1.165, 1.54) is 6.26 Å². The van der Waals surface area contributed by atoms with Gasteiger partial charge in [0.2, 0.25) is 5.91 Å². The molecule has 0 aliphatic rings. The van der Waals surface area contributed by atoms with E-state index in [9.17, 15) is 9.00 Å². The second kappa shape index (κ2) is 4.34. The highest BCUT2D eigenvalue weighted by atomic mass is 32.2. The van der Waals surface area contributed by atoms with Crippen LogP contribution >= 0.6 is 0 Å². The number of hydrogen-bond donors (Lipinski definition) is 1. The highest BCUT2D eigenvalue weighted by Crippen LogP contribution is 2.25. The quantitative estimate of drug-likeness (QED) is 0.727. The molecule has 0 saturated carbocycles. The van der Waals surface area contributed by atoms with Crippen LogP contribution < -0.4 is 4.72 Å². The fraction of sp³-hybridized carbons (Fsp3) is 0.800. The largest absolute Gasteiger partial charge is 0.283 e. The molecule has 0 aliphatic heterocycles. The Morgan fingerprint density at radius 2 is 1.93 bits per heavy atom.